The maximum absolute atomic E-state index is 5.11. The number of azo groups is 1. The molecule has 21 heavy (non-hydrogen) atoms. The van der Waals surface area contributed by atoms with Gasteiger partial charge in [0.2, 0.25) is 0 Å². The van der Waals surface area contributed by atoms with E-state index >= 15 is 0 Å². The Bertz CT molecular complexity index is 573. The van der Waals surface area contributed by atoms with Gasteiger partial charge in [0.1, 0.15) is 5.75 Å². The quantitative estimate of drug-likeness (QED) is 0.626. The lowest BCUT2D eigenvalue weighted by Gasteiger charge is -2.07. The molecule has 2 aromatic rings. The lowest BCUT2D eigenvalue weighted by Crippen LogP contribution is -1.96. The van der Waals surface area contributed by atoms with Crippen LogP contribution in [0.25, 0.3) is 0 Å². The van der Waals surface area contributed by atoms with Crippen LogP contribution >= 0.6 is 0 Å². The molecule has 0 saturated carbocycles. The first-order chi connectivity index (χ1) is 10.2. The zero-order valence-corrected chi connectivity index (χ0v) is 12.9. The monoisotopic (exact) mass is 282 g/mol. The summed E-state index contributed by atoms with van der Waals surface area (Å²) >= 11 is 0. The minimum absolute atomic E-state index is 0.719. The number of methoxy groups -OCH3 is 1. The van der Waals surface area contributed by atoms with Crippen LogP contribution in [0.15, 0.2) is 58.8 Å². The van der Waals surface area contributed by atoms with Gasteiger partial charge in [-0.15, -0.1) is 0 Å². The predicted octanol–water partition coefficient (Wildman–Crippen LogP) is 5.70. The maximum Gasteiger partial charge on any atom is 0.119 e. The second-order valence-electron chi connectivity index (χ2n) is 5.28. The highest BCUT2D eigenvalue weighted by atomic mass is 16.5. The van der Waals surface area contributed by atoms with Gasteiger partial charge in [0.25, 0.3) is 0 Å². The average molecular weight is 282 g/mol. The van der Waals surface area contributed by atoms with E-state index in [1.54, 1.807) is 7.11 Å². The van der Waals surface area contributed by atoms with Crippen LogP contribution in [-0.4, -0.2) is 7.11 Å². The van der Waals surface area contributed by atoms with E-state index < -0.39 is 0 Å². The molecule has 3 heteroatoms. The zero-order valence-electron chi connectivity index (χ0n) is 12.9. The van der Waals surface area contributed by atoms with E-state index in [4.69, 9.17) is 4.74 Å². The van der Waals surface area contributed by atoms with Crippen molar-refractivity contribution in [1.29, 1.82) is 0 Å². The van der Waals surface area contributed by atoms with Crippen molar-refractivity contribution in [1.82, 2.24) is 0 Å². The number of nitrogens with zero attached hydrogens (tertiary/aromatic N) is 2. The Balaban J connectivity index is 2.00. The number of benzene rings is 2. The van der Waals surface area contributed by atoms with Gasteiger partial charge in [0, 0.05) is 0 Å². The van der Waals surface area contributed by atoms with Crippen LogP contribution in [0.4, 0.5) is 11.4 Å². The lowest BCUT2D eigenvalue weighted by molar-refractivity contribution is 0.415. The van der Waals surface area contributed by atoms with Gasteiger partial charge in [-0.05, 0) is 54.3 Å². The largest absolute Gasteiger partial charge is 0.497 e. The van der Waals surface area contributed by atoms with Gasteiger partial charge in [-0.3, -0.25) is 0 Å². The minimum atomic E-state index is 0.719. The van der Waals surface area contributed by atoms with Crippen LogP contribution in [0.3, 0.4) is 0 Å². The van der Waals surface area contributed by atoms with E-state index in [0.29, 0.717) is 0 Å². The summed E-state index contributed by atoms with van der Waals surface area (Å²) in [5.41, 5.74) is 3.05. The van der Waals surface area contributed by atoms with E-state index in [9.17, 15) is 0 Å². The van der Waals surface area contributed by atoms with E-state index in [1.807, 2.05) is 36.4 Å². The molecule has 0 saturated heterocycles. The van der Waals surface area contributed by atoms with Crippen molar-refractivity contribution in [3.63, 3.8) is 0 Å². The maximum atomic E-state index is 5.11. The summed E-state index contributed by atoms with van der Waals surface area (Å²) in [6, 6.07) is 15.8. The van der Waals surface area contributed by atoms with Crippen molar-refractivity contribution in [2.75, 3.05) is 7.11 Å². The van der Waals surface area contributed by atoms with Crippen molar-refractivity contribution in [3.05, 3.63) is 54.1 Å². The summed E-state index contributed by atoms with van der Waals surface area (Å²) in [7, 11) is 1.65. The van der Waals surface area contributed by atoms with E-state index in [-0.39, 0.29) is 0 Å². The number of rotatable bonds is 6. The molecule has 3 nitrogen and oxygen atoms in total. The second kappa shape index (κ2) is 7.58. The molecular weight excluding hydrogens is 260 g/mol. The van der Waals surface area contributed by atoms with Crippen molar-refractivity contribution in [2.45, 2.75) is 26.7 Å². The second-order valence-corrected chi connectivity index (χ2v) is 5.28. The molecule has 0 spiro atoms. The third kappa shape index (κ3) is 4.71. The Morgan fingerprint density at radius 1 is 0.905 bits per heavy atom. The molecule has 110 valence electrons. The smallest absolute Gasteiger partial charge is 0.119 e. The van der Waals surface area contributed by atoms with Crippen LogP contribution in [-0.2, 0) is 6.42 Å². The molecule has 2 aromatic carbocycles. The lowest BCUT2D eigenvalue weighted by atomic mass is 9.99. The van der Waals surface area contributed by atoms with Gasteiger partial charge in [-0.25, -0.2) is 0 Å². The van der Waals surface area contributed by atoms with Crippen LogP contribution in [0.1, 0.15) is 25.8 Å². The van der Waals surface area contributed by atoms with Crippen molar-refractivity contribution >= 4 is 11.4 Å². The molecular formula is C18H22N2O. The highest BCUT2D eigenvalue weighted by molar-refractivity contribution is 5.43. The molecule has 0 radical (unpaired) electrons. The van der Waals surface area contributed by atoms with Gasteiger partial charge in [0.05, 0.1) is 18.5 Å². The Kier molecular flexibility index (Phi) is 5.50. The topological polar surface area (TPSA) is 34.0 Å². The summed E-state index contributed by atoms with van der Waals surface area (Å²) in [4.78, 5) is 0. The van der Waals surface area contributed by atoms with Crippen molar-refractivity contribution in [3.8, 4) is 5.75 Å². The molecule has 0 aliphatic carbocycles. The van der Waals surface area contributed by atoms with E-state index in [0.717, 1.165) is 29.5 Å². The fourth-order valence-electron chi connectivity index (χ4n) is 2.01. The molecule has 2 rings (SSSR count). The van der Waals surface area contributed by atoms with E-state index in [2.05, 4.69) is 36.2 Å². The standard InChI is InChI=1S/C18H22N2O/c1-4-14(2)13-15-5-7-16(8-6-15)19-20-17-9-11-18(21-3)12-10-17/h5-12,14H,4,13H2,1-3H3. The minimum Gasteiger partial charge on any atom is -0.497 e. The fourth-order valence-corrected chi connectivity index (χ4v) is 2.01. The van der Waals surface area contributed by atoms with Gasteiger partial charge >= 0.3 is 0 Å². The van der Waals surface area contributed by atoms with Gasteiger partial charge in [-0.1, -0.05) is 32.4 Å². The first-order valence-corrected chi connectivity index (χ1v) is 7.36. The normalized spacial score (nSPS) is 12.5. The molecule has 0 fully saturated rings. The first-order valence-electron chi connectivity index (χ1n) is 7.36. The zero-order chi connectivity index (χ0) is 15.1. The van der Waals surface area contributed by atoms with Crippen LogP contribution in [0.5, 0.6) is 5.75 Å². The highest BCUT2D eigenvalue weighted by Gasteiger charge is 2.01. The fraction of sp³-hybridized carbons (Fsp3) is 0.333. The molecule has 0 amide bonds. The van der Waals surface area contributed by atoms with Crippen molar-refractivity contribution < 1.29 is 4.74 Å². The molecule has 1 unspecified atom stereocenters. The van der Waals surface area contributed by atoms with E-state index in [1.165, 1.54) is 12.0 Å². The molecule has 0 aliphatic heterocycles. The molecule has 0 heterocycles. The summed E-state index contributed by atoms with van der Waals surface area (Å²) < 4.78 is 5.11. The third-order valence-corrected chi connectivity index (χ3v) is 3.57. The Hall–Kier alpha value is -2.16. The van der Waals surface area contributed by atoms with Crippen molar-refractivity contribution in [2.24, 2.45) is 16.1 Å². The number of ether oxygens (including phenoxy) is 1. The Labute approximate surface area is 126 Å². The van der Waals surface area contributed by atoms with Crippen LogP contribution in [0.2, 0.25) is 0 Å². The Morgan fingerprint density at radius 2 is 1.43 bits per heavy atom. The predicted molar refractivity (Wildman–Crippen MR) is 86.8 cm³/mol. The van der Waals surface area contributed by atoms with Crippen LogP contribution in [0, 0.1) is 5.92 Å². The molecule has 0 aliphatic rings. The van der Waals surface area contributed by atoms with Gasteiger partial charge < -0.3 is 4.74 Å². The number of hydrogen-bond donors (Lipinski definition) is 0. The number of hydrogen-bond acceptors (Lipinski definition) is 3. The average Bonchev–Trinajstić information content (AvgIpc) is 2.54. The summed E-state index contributed by atoms with van der Waals surface area (Å²) in [5, 5.41) is 8.48. The Morgan fingerprint density at radius 3 is 1.90 bits per heavy atom. The summed E-state index contributed by atoms with van der Waals surface area (Å²) in [5.74, 6) is 1.54. The summed E-state index contributed by atoms with van der Waals surface area (Å²) in [6.07, 6.45) is 2.32. The highest BCUT2D eigenvalue weighted by Crippen LogP contribution is 2.22. The third-order valence-electron chi connectivity index (χ3n) is 3.57. The molecule has 0 N–H and O–H groups in total. The molecule has 0 aromatic heterocycles. The molecule has 0 bridgehead atoms. The first kappa shape index (κ1) is 15.2. The van der Waals surface area contributed by atoms with Gasteiger partial charge in [0.15, 0.2) is 0 Å². The summed E-state index contributed by atoms with van der Waals surface area (Å²) in [6.45, 7) is 4.50. The van der Waals surface area contributed by atoms with Crippen LogP contribution < -0.4 is 4.74 Å². The molecule has 1 atom stereocenters. The van der Waals surface area contributed by atoms with Gasteiger partial charge in [-0.2, -0.15) is 10.2 Å². The SMILES string of the molecule is CCC(C)Cc1ccc(N=Nc2ccc(OC)cc2)cc1.